The van der Waals surface area contributed by atoms with Gasteiger partial charge in [0.1, 0.15) is 24.4 Å². The molecule has 0 radical (unpaired) electrons. The molecule has 1 aliphatic rings. The van der Waals surface area contributed by atoms with Crippen LogP contribution in [0.25, 0.3) is 0 Å². The Morgan fingerprint density at radius 1 is 1.32 bits per heavy atom. The van der Waals surface area contributed by atoms with Gasteiger partial charge in [-0.2, -0.15) is 0 Å². The van der Waals surface area contributed by atoms with E-state index in [0.717, 1.165) is 25.7 Å². The summed E-state index contributed by atoms with van der Waals surface area (Å²) in [5, 5.41) is 28.3. The fraction of sp³-hybridized carbons (Fsp3) is 0.857. The first-order valence-corrected chi connectivity index (χ1v) is 7.02. The van der Waals surface area contributed by atoms with Gasteiger partial charge in [0.25, 0.3) is 0 Å². The molecular weight excluding hydrogens is 248 g/mol. The van der Waals surface area contributed by atoms with Crippen molar-refractivity contribution in [1.29, 1.82) is 0 Å². The number of aliphatic hydroxyl groups is 3. The van der Waals surface area contributed by atoms with Gasteiger partial charge in [0.05, 0.1) is 13.2 Å². The topological polar surface area (TPSA) is 79.2 Å². The van der Waals surface area contributed by atoms with Crippen molar-refractivity contribution in [2.75, 3.05) is 19.8 Å². The molecule has 1 rings (SSSR count). The van der Waals surface area contributed by atoms with Gasteiger partial charge in [-0.15, -0.1) is 0 Å². The maximum Gasteiger partial charge on any atom is 0.114 e. The molecule has 19 heavy (non-hydrogen) atoms. The van der Waals surface area contributed by atoms with Crippen LogP contribution in [0.2, 0.25) is 0 Å². The summed E-state index contributed by atoms with van der Waals surface area (Å²) in [4.78, 5) is 0. The zero-order chi connectivity index (χ0) is 14.1. The van der Waals surface area contributed by atoms with Gasteiger partial charge in [-0.1, -0.05) is 18.6 Å². The van der Waals surface area contributed by atoms with Gasteiger partial charge in [-0.3, -0.25) is 0 Å². The molecule has 112 valence electrons. The quantitative estimate of drug-likeness (QED) is 0.424. The monoisotopic (exact) mass is 274 g/mol. The number of hydrogen-bond acceptors (Lipinski definition) is 5. The van der Waals surface area contributed by atoms with Crippen molar-refractivity contribution in [3.05, 3.63) is 12.2 Å². The van der Waals surface area contributed by atoms with E-state index in [1.54, 1.807) is 0 Å². The molecule has 0 saturated carbocycles. The molecule has 5 nitrogen and oxygen atoms in total. The minimum Gasteiger partial charge on any atom is -0.394 e. The Balaban J connectivity index is 2.15. The van der Waals surface area contributed by atoms with E-state index in [2.05, 4.69) is 6.08 Å². The van der Waals surface area contributed by atoms with E-state index < -0.39 is 24.4 Å². The van der Waals surface area contributed by atoms with Crippen molar-refractivity contribution in [3.63, 3.8) is 0 Å². The third kappa shape index (κ3) is 5.58. The maximum absolute atomic E-state index is 9.69. The summed E-state index contributed by atoms with van der Waals surface area (Å²) in [5.74, 6) is 0. The lowest BCUT2D eigenvalue weighted by atomic mass is 10.1. The molecular formula is C14H26O5. The van der Waals surface area contributed by atoms with Gasteiger partial charge in [0, 0.05) is 6.61 Å². The number of aliphatic hydroxyl groups excluding tert-OH is 3. The van der Waals surface area contributed by atoms with Crippen LogP contribution in [0.4, 0.5) is 0 Å². The largest absolute Gasteiger partial charge is 0.394 e. The highest BCUT2D eigenvalue weighted by atomic mass is 16.6. The Kier molecular flexibility index (Phi) is 8.25. The van der Waals surface area contributed by atoms with Crippen LogP contribution in [-0.4, -0.2) is 59.6 Å². The highest BCUT2D eigenvalue weighted by Gasteiger charge is 2.40. The number of unbranched alkanes of at least 4 members (excludes halogenated alkanes) is 3. The van der Waals surface area contributed by atoms with Crippen molar-refractivity contribution in [2.24, 2.45) is 0 Å². The Morgan fingerprint density at radius 2 is 2.11 bits per heavy atom. The molecule has 0 unspecified atom stereocenters. The van der Waals surface area contributed by atoms with Gasteiger partial charge in [0.2, 0.25) is 0 Å². The van der Waals surface area contributed by atoms with Crippen molar-refractivity contribution in [1.82, 2.24) is 0 Å². The van der Waals surface area contributed by atoms with Crippen LogP contribution < -0.4 is 0 Å². The predicted octanol–water partition coefficient (Wildman–Crippen LogP) is 0.621. The van der Waals surface area contributed by atoms with Crippen molar-refractivity contribution in [3.8, 4) is 0 Å². The Bertz CT molecular complexity index is 256. The summed E-state index contributed by atoms with van der Waals surface area (Å²) in [7, 11) is 0. The van der Waals surface area contributed by atoms with Crippen molar-refractivity contribution >= 4 is 0 Å². The van der Waals surface area contributed by atoms with E-state index in [0.29, 0.717) is 6.61 Å². The van der Waals surface area contributed by atoms with Crippen LogP contribution in [0, 0.1) is 0 Å². The fourth-order valence-electron chi connectivity index (χ4n) is 2.15. The molecule has 0 aromatic carbocycles. The van der Waals surface area contributed by atoms with Crippen LogP contribution in [0.15, 0.2) is 12.2 Å². The number of rotatable bonds is 9. The highest BCUT2D eigenvalue weighted by Crippen LogP contribution is 2.19. The summed E-state index contributed by atoms with van der Waals surface area (Å²) in [6, 6.07) is 0. The summed E-state index contributed by atoms with van der Waals surface area (Å²) in [5.41, 5.74) is 0. The van der Waals surface area contributed by atoms with Crippen LogP contribution in [0.3, 0.4) is 0 Å². The molecule has 5 heteroatoms. The van der Waals surface area contributed by atoms with Crippen molar-refractivity contribution in [2.45, 2.75) is 57.0 Å². The fourth-order valence-corrected chi connectivity index (χ4v) is 2.15. The van der Waals surface area contributed by atoms with Crippen LogP contribution in [-0.2, 0) is 9.47 Å². The van der Waals surface area contributed by atoms with E-state index in [4.69, 9.17) is 9.47 Å². The predicted molar refractivity (Wildman–Crippen MR) is 71.9 cm³/mol. The summed E-state index contributed by atoms with van der Waals surface area (Å²) in [6.45, 7) is 2.42. The molecule has 0 aliphatic carbocycles. The Hall–Kier alpha value is -0.460. The zero-order valence-corrected chi connectivity index (χ0v) is 11.6. The minimum atomic E-state index is -0.980. The van der Waals surface area contributed by atoms with Gasteiger partial charge >= 0.3 is 0 Å². The minimum absolute atomic E-state index is 0.0923. The van der Waals surface area contributed by atoms with Gasteiger partial charge in [-0.25, -0.2) is 0 Å². The summed E-state index contributed by atoms with van der Waals surface area (Å²) in [6.07, 6.45) is 5.30. The highest BCUT2D eigenvalue weighted by molar-refractivity contribution is 4.88. The van der Waals surface area contributed by atoms with Gasteiger partial charge in [-0.05, 0) is 26.2 Å². The number of allylic oxidation sites excluding steroid dienone is 2. The molecule has 0 amide bonds. The normalized spacial score (nSPS) is 29.2. The number of hydrogen-bond donors (Lipinski definition) is 3. The molecule has 0 bridgehead atoms. The maximum atomic E-state index is 9.69. The summed E-state index contributed by atoms with van der Waals surface area (Å²) >= 11 is 0. The average molecular weight is 274 g/mol. The lowest BCUT2D eigenvalue weighted by Crippen LogP contribution is -2.42. The van der Waals surface area contributed by atoms with E-state index in [1.807, 2.05) is 13.0 Å². The average Bonchev–Trinajstić information content (AvgIpc) is 2.74. The molecule has 0 aromatic heterocycles. The third-order valence-corrected chi connectivity index (χ3v) is 3.32. The Labute approximate surface area is 114 Å². The smallest absolute Gasteiger partial charge is 0.114 e. The Morgan fingerprint density at radius 3 is 2.68 bits per heavy atom. The third-order valence-electron chi connectivity index (χ3n) is 3.32. The molecule has 1 heterocycles. The van der Waals surface area contributed by atoms with E-state index >= 15 is 0 Å². The standard InChI is InChI=1S/C14H26O5/c1-2-3-4-5-6-7-8-18-12(9-15)14-13(17)11(16)10-19-14/h2-3,11-17H,4-10H2,1H3/b3-2+/t11-,12+,13-,14-/m0/s1. The lowest BCUT2D eigenvalue weighted by Gasteiger charge is -2.24. The SMILES string of the molecule is C/C=C/CCCCCO[C@H](CO)[C@@H]1OC[C@H](O)[C@@H]1O. The second kappa shape index (κ2) is 9.44. The van der Waals surface area contributed by atoms with Crippen LogP contribution in [0.5, 0.6) is 0 Å². The summed E-state index contributed by atoms with van der Waals surface area (Å²) < 4.78 is 10.8. The van der Waals surface area contributed by atoms with Crippen LogP contribution in [0.1, 0.15) is 32.6 Å². The van der Waals surface area contributed by atoms with Crippen molar-refractivity contribution < 1.29 is 24.8 Å². The molecule has 1 saturated heterocycles. The molecule has 0 aromatic rings. The molecule has 3 N–H and O–H groups in total. The molecule has 4 atom stereocenters. The molecule has 0 spiro atoms. The first-order chi connectivity index (χ1) is 9.20. The second-order valence-corrected chi connectivity index (χ2v) is 4.87. The van der Waals surface area contributed by atoms with Gasteiger partial charge < -0.3 is 24.8 Å². The molecule has 1 aliphatic heterocycles. The van der Waals surface area contributed by atoms with Crippen LogP contribution >= 0.6 is 0 Å². The zero-order valence-electron chi connectivity index (χ0n) is 11.6. The van der Waals surface area contributed by atoms with Gasteiger partial charge in [0.15, 0.2) is 0 Å². The first kappa shape index (κ1) is 16.6. The van der Waals surface area contributed by atoms with E-state index in [1.165, 1.54) is 0 Å². The number of ether oxygens (including phenoxy) is 2. The lowest BCUT2D eigenvalue weighted by molar-refractivity contribution is -0.101. The second-order valence-electron chi connectivity index (χ2n) is 4.87. The van der Waals surface area contributed by atoms with E-state index in [-0.39, 0.29) is 13.2 Å². The first-order valence-electron chi connectivity index (χ1n) is 7.02. The van der Waals surface area contributed by atoms with E-state index in [9.17, 15) is 15.3 Å². The molecule has 1 fully saturated rings.